The highest BCUT2D eigenvalue weighted by Crippen LogP contribution is 2.23. The topological polar surface area (TPSA) is 54.5 Å². The number of carbonyl (C=O) groups is 1. The molecule has 0 unspecified atom stereocenters. The summed E-state index contributed by atoms with van der Waals surface area (Å²) in [4.78, 5) is 18.6. The third-order valence-corrected chi connectivity index (χ3v) is 4.12. The minimum absolute atomic E-state index is 0. The van der Waals surface area contributed by atoms with Crippen molar-refractivity contribution in [2.24, 2.45) is 0 Å². The van der Waals surface area contributed by atoms with Gasteiger partial charge in [0.15, 0.2) is 0 Å². The lowest BCUT2D eigenvalue weighted by molar-refractivity contribution is 0.0766. The van der Waals surface area contributed by atoms with Gasteiger partial charge in [-0.2, -0.15) is 0 Å². The van der Waals surface area contributed by atoms with Crippen molar-refractivity contribution in [2.45, 2.75) is 6.42 Å². The monoisotopic (exact) mass is 447 g/mol. The molecule has 1 aliphatic rings. The number of nitrogens with zero attached hydrogens (tertiary/aromatic N) is 2. The lowest BCUT2D eigenvalue weighted by atomic mass is 10.2. The Balaban J connectivity index is 0.00000156. The van der Waals surface area contributed by atoms with Gasteiger partial charge in [0, 0.05) is 36.4 Å². The van der Waals surface area contributed by atoms with Gasteiger partial charge in [0.2, 0.25) is 5.88 Å². The van der Waals surface area contributed by atoms with Crippen LogP contribution < -0.4 is 10.1 Å². The summed E-state index contributed by atoms with van der Waals surface area (Å²) in [7, 11) is 0. The Hall–Kier alpha value is -1.34. The fourth-order valence-electron chi connectivity index (χ4n) is 2.45. The molecule has 1 fully saturated rings. The first-order chi connectivity index (χ1) is 11.2. The molecule has 1 aliphatic heterocycles. The first-order valence-electron chi connectivity index (χ1n) is 7.62. The molecule has 1 saturated heterocycles. The van der Waals surface area contributed by atoms with Gasteiger partial charge in [-0.25, -0.2) is 4.98 Å². The number of carbonyl (C=O) groups excluding carboxylic acids is 1. The number of aromatic nitrogens is 1. The third-order valence-electron chi connectivity index (χ3n) is 3.63. The van der Waals surface area contributed by atoms with E-state index in [2.05, 4.69) is 26.2 Å². The van der Waals surface area contributed by atoms with Gasteiger partial charge in [-0.05, 0) is 37.2 Å². The van der Waals surface area contributed by atoms with E-state index in [1.807, 2.05) is 29.2 Å². The molecule has 0 atom stereocenters. The Morgan fingerprint density at radius 1 is 1.16 bits per heavy atom. The van der Waals surface area contributed by atoms with E-state index in [0.29, 0.717) is 17.2 Å². The van der Waals surface area contributed by atoms with E-state index in [0.717, 1.165) is 37.1 Å². The van der Waals surface area contributed by atoms with Crippen molar-refractivity contribution >= 4 is 46.7 Å². The molecule has 8 heteroatoms. The molecule has 1 aromatic carbocycles. The summed E-state index contributed by atoms with van der Waals surface area (Å²) in [5, 5.41) is 3.29. The minimum atomic E-state index is 0. The summed E-state index contributed by atoms with van der Waals surface area (Å²) < 4.78 is 6.62. The van der Waals surface area contributed by atoms with Crippen molar-refractivity contribution in [3.63, 3.8) is 0 Å². The van der Waals surface area contributed by atoms with Crippen molar-refractivity contribution in [1.29, 1.82) is 0 Å². The van der Waals surface area contributed by atoms with Gasteiger partial charge in [-0.15, -0.1) is 24.8 Å². The zero-order chi connectivity index (χ0) is 16.1. The molecule has 0 bridgehead atoms. The van der Waals surface area contributed by atoms with Crippen LogP contribution in [0.25, 0.3) is 0 Å². The first-order valence-corrected chi connectivity index (χ1v) is 8.41. The zero-order valence-corrected chi connectivity index (χ0v) is 16.7. The van der Waals surface area contributed by atoms with E-state index < -0.39 is 0 Å². The van der Waals surface area contributed by atoms with Crippen LogP contribution in [0, 0.1) is 0 Å². The molecule has 1 amide bonds. The zero-order valence-electron chi connectivity index (χ0n) is 13.5. The Morgan fingerprint density at radius 3 is 2.72 bits per heavy atom. The van der Waals surface area contributed by atoms with Gasteiger partial charge in [-0.3, -0.25) is 4.79 Å². The third kappa shape index (κ3) is 6.15. The highest BCUT2D eigenvalue weighted by molar-refractivity contribution is 9.10. The van der Waals surface area contributed by atoms with Crippen LogP contribution in [0.1, 0.15) is 16.8 Å². The highest BCUT2D eigenvalue weighted by atomic mass is 79.9. The Morgan fingerprint density at radius 2 is 2.00 bits per heavy atom. The summed E-state index contributed by atoms with van der Waals surface area (Å²) in [5.41, 5.74) is 0.591. The molecular formula is C17H20BrCl2N3O2. The molecule has 25 heavy (non-hydrogen) atoms. The van der Waals surface area contributed by atoms with Crippen LogP contribution in [0.3, 0.4) is 0 Å². The predicted octanol–water partition coefficient (Wildman–Crippen LogP) is 3.92. The van der Waals surface area contributed by atoms with Crippen LogP contribution >= 0.6 is 40.7 Å². The maximum Gasteiger partial charge on any atom is 0.255 e. The number of hydrogen-bond donors (Lipinski definition) is 1. The van der Waals surface area contributed by atoms with Crippen molar-refractivity contribution in [3.05, 3.63) is 52.6 Å². The molecule has 0 aliphatic carbocycles. The molecule has 136 valence electrons. The molecule has 0 saturated carbocycles. The van der Waals surface area contributed by atoms with Crippen LogP contribution in [-0.2, 0) is 0 Å². The lowest BCUT2D eigenvalue weighted by Crippen LogP contribution is -2.34. The summed E-state index contributed by atoms with van der Waals surface area (Å²) >= 11 is 3.40. The highest BCUT2D eigenvalue weighted by Gasteiger charge is 2.17. The Kier molecular flexibility index (Phi) is 9.21. The smallest absolute Gasteiger partial charge is 0.255 e. The SMILES string of the molecule is Cl.Cl.O=C(c1ccc(Oc2cccc(Br)c2)nc1)N1CCCNCC1. The summed E-state index contributed by atoms with van der Waals surface area (Å²) in [6, 6.07) is 11.0. The first kappa shape index (κ1) is 21.7. The second kappa shape index (κ2) is 10.6. The quantitative estimate of drug-likeness (QED) is 0.773. The van der Waals surface area contributed by atoms with Crippen molar-refractivity contribution in [3.8, 4) is 11.6 Å². The molecule has 2 heterocycles. The fraction of sp³-hybridized carbons (Fsp3) is 0.294. The van der Waals surface area contributed by atoms with Crippen LogP contribution in [0.4, 0.5) is 0 Å². The number of nitrogens with one attached hydrogen (secondary N) is 1. The Labute approximate surface area is 168 Å². The normalized spacial score (nSPS) is 13.9. The second-order valence-electron chi connectivity index (χ2n) is 5.34. The lowest BCUT2D eigenvalue weighted by Gasteiger charge is -2.19. The molecule has 0 radical (unpaired) electrons. The van der Waals surface area contributed by atoms with Gasteiger partial charge in [0.25, 0.3) is 5.91 Å². The average Bonchev–Trinajstić information content (AvgIpc) is 2.84. The summed E-state index contributed by atoms with van der Waals surface area (Å²) in [5.74, 6) is 1.19. The van der Waals surface area contributed by atoms with E-state index in [1.54, 1.807) is 18.3 Å². The van der Waals surface area contributed by atoms with E-state index in [9.17, 15) is 4.79 Å². The van der Waals surface area contributed by atoms with Gasteiger partial charge >= 0.3 is 0 Å². The fourth-order valence-corrected chi connectivity index (χ4v) is 2.83. The molecule has 3 rings (SSSR count). The number of benzene rings is 1. The standard InChI is InChI=1S/C17H18BrN3O2.2ClH/c18-14-3-1-4-15(11-14)23-16-6-5-13(12-20-16)17(22)21-9-2-7-19-8-10-21;;/h1,3-6,11-12,19H,2,7-10H2;2*1H. The molecule has 1 aromatic heterocycles. The van der Waals surface area contributed by atoms with Crippen LogP contribution in [0.5, 0.6) is 11.6 Å². The summed E-state index contributed by atoms with van der Waals surface area (Å²) in [6.07, 6.45) is 2.55. The Bertz CT molecular complexity index is 678. The van der Waals surface area contributed by atoms with Gasteiger partial charge in [0.1, 0.15) is 5.75 Å². The molecule has 1 N–H and O–H groups in total. The second-order valence-corrected chi connectivity index (χ2v) is 6.26. The van der Waals surface area contributed by atoms with Crippen molar-refractivity contribution in [1.82, 2.24) is 15.2 Å². The van der Waals surface area contributed by atoms with Crippen LogP contribution in [-0.4, -0.2) is 42.0 Å². The van der Waals surface area contributed by atoms with E-state index in [4.69, 9.17) is 4.74 Å². The predicted molar refractivity (Wildman–Crippen MR) is 106 cm³/mol. The van der Waals surface area contributed by atoms with Gasteiger partial charge < -0.3 is 15.0 Å². The van der Waals surface area contributed by atoms with Crippen molar-refractivity contribution in [2.75, 3.05) is 26.2 Å². The number of halogens is 3. The van der Waals surface area contributed by atoms with Crippen molar-refractivity contribution < 1.29 is 9.53 Å². The molecule has 5 nitrogen and oxygen atoms in total. The number of pyridine rings is 1. The van der Waals surface area contributed by atoms with E-state index in [-0.39, 0.29) is 30.7 Å². The van der Waals surface area contributed by atoms with E-state index >= 15 is 0 Å². The van der Waals surface area contributed by atoms with Gasteiger partial charge in [-0.1, -0.05) is 22.0 Å². The number of ether oxygens (including phenoxy) is 1. The summed E-state index contributed by atoms with van der Waals surface area (Å²) in [6.45, 7) is 3.31. The molecule has 0 spiro atoms. The average molecular weight is 449 g/mol. The maximum absolute atomic E-state index is 12.5. The van der Waals surface area contributed by atoms with Crippen LogP contribution in [0.2, 0.25) is 0 Å². The number of amides is 1. The van der Waals surface area contributed by atoms with Crippen LogP contribution in [0.15, 0.2) is 47.1 Å². The van der Waals surface area contributed by atoms with E-state index in [1.165, 1.54) is 0 Å². The molecular weight excluding hydrogens is 429 g/mol. The van der Waals surface area contributed by atoms with Gasteiger partial charge in [0.05, 0.1) is 5.56 Å². The minimum Gasteiger partial charge on any atom is -0.439 e. The molecule has 2 aromatic rings. The number of rotatable bonds is 3. The largest absolute Gasteiger partial charge is 0.439 e. The maximum atomic E-state index is 12.5. The number of hydrogen-bond acceptors (Lipinski definition) is 4.